The molecular weight excluding hydrogens is 275 g/mol. The van der Waals surface area contributed by atoms with E-state index in [0.29, 0.717) is 11.4 Å². The summed E-state index contributed by atoms with van der Waals surface area (Å²) < 4.78 is 26.1. The summed E-state index contributed by atoms with van der Waals surface area (Å²) in [5, 5.41) is 14.8. The Kier molecular flexibility index (Phi) is 4.47. The summed E-state index contributed by atoms with van der Waals surface area (Å²) in [6.45, 7) is 3.84. The van der Waals surface area contributed by atoms with Crippen LogP contribution in [0.5, 0.6) is 11.5 Å². The van der Waals surface area contributed by atoms with Gasteiger partial charge in [-0.05, 0) is 26.0 Å². The number of halogens is 1. The van der Waals surface area contributed by atoms with Crippen LogP contribution in [0.25, 0.3) is 0 Å². The van der Waals surface area contributed by atoms with E-state index in [9.17, 15) is 9.50 Å². The second-order valence-electron chi connectivity index (χ2n) is 4.89. The molecule has 1 N–H and O–H groups in total. The van der Waals surface area contributed by atoms with Crippen molar-refractivity contribution in [3.8, 4) is 11.5 Å². The van der Waals surface area contributed by atoms with Crippen molar-refractivity contribution in [1.82, 2.24) is 9.78 Å². The molecule has 0 aliphatic carbocycles. The minimum Gasteiger partial charge on any atom is -0.496 e. The van der Waals surface area contributed by atoms with E-state index in [0.717, 1.165) is 0 Å². The molecule has 0 bridgehead atoms. The summed E-state index contributed by atoms with van der Waals surface area (Å²) in [5.41, 5.74) is 0.469. The van der Waals surface area contributed by atoms with E-state index in [1.807, 2.05) is 13.8 Å². The summed E-state index contributed by atoms with van der Waals surface area (Å²) in [4.78, 5) is 0. The van der Waals surface area contributed by atoms with Crippen LogP contribution in [0, 0.1) is 5.82 Å². The molecular formula is C15H19FN2O3. The van der Waals surface area contributed by atoms with Gasteiger partial charge in [-0.25, -0.2) is 4.39 Å². The van der Waals surface area contributed by atoms with E-state index in [1.54, 1.807) is 10.7 Å². The third-order valence-electron chi connectivity index (χ3n) is 3.27. The molecule has 1 aromatic heterocycles. The van der Waals surface area contributed by atoms with Crippen LogP contribution in [-0.4, -0.2) is 29.1 Å². The minimum atomic E-state index is -1.24. The molecule has 1 heterocycles. The lowest BCUT2D eigenvalue weighted by Gasteiger charge is -2.19. The molecule has 0 saturated carbocycles. The first-order valence-corrected chi connectivity index (χ1v) is 6.63. The highest BCUT2D eigenvalue weighted by molar-refractivity contribution is 5.43. The van der Waals surface area contributed by atoms with Gasteiger partial charge in [0, 0.05) is 6.04 Å². The number of hydrogen-bond acceptors (Lipinski definition) is 4. The minimum absolute atomic E-state index is 0.00341. The number of nitrogens with zero attached hydrogens (tertiary/aromatic N) is 2. The van der Waals surface area contributed by atoms with Gasteiger partial charge in [-0.3, -0.25) is 4.68 Å². The summed E-state index contributed by atoms with van der Waals surface area (Å²) in [7, 11) is 2.92. The molecule has 1 unspecified atom stereocenters. The van der Waals surface area contributed by atoms with Crippen molar-refractivity contribution in [2.75, 3.05) is 14.2 Å². The fourth-order valence-corrected chi connectivity index (χ4v) is 2.28. The van der Waals surface area contributed by atoms with Crippen molar-refractivity contribution in [2.45, 2.75) is 26.0 Å². The predicted molar refractivity (Wildman–Crippen MR) is 76.2 cm³/mol. The predicted octanol–water partition coefficient (Wildman–Crippen LogP) is 2.70. The Morgan fingerprint density at radius 3 is 2.43 bits per heavy atom. The monoisotopic (exact) mass is 294 g/mol. The molecule has 2 rings (SSSR count). The largest absolute Gasteiger partial charge is 0.496 e. The molecule has 21 heavy (non-hydrogen) atoms. The first kappa shape index (κ1) is 15.3. The van der Waals surface area contributed by atoms with Crippen molar-refractivity contribution in [3.63, 3.8) is 0 Å². The third-order valence-corrected chi connectivity index (χ3v) is 3.27. The summed E-state index contributed by atoms with van der Waals surface area (Å²) in [6, 6.07) is 4.41. The van der Waals surface area contributed by atoms with Gasteiger partial charge < -0.3 is 14.6 Å². The van der Waals surface area contributed by atoms with Gasteiger partial charge in [-0.15, -0.1) is 0 Å². The topological polar surface area (TPSA) is 56.5 Å². The highest BCUT2D eigenvalue weighted by atomic mass is 19.1. The lowest BCUT2D eigenvalue weighted by molar-refractivity contribution is 0.190. The zero-order chi connectivity index (χ0) is 15.6. The van der Waals surface area contributed by atoms with Crippen LogP contribution < -0.4 is 9.47 Å². The fraction of sp³-hybridized carbons (Fsp3) is 0.400. The smallest absolute Gasteiger partial charge is 0.163 e. The second-order valence-corrected chi connectivity index (χ2v) is 4.89. The normalized spacial score (nSPS) is 12.5. The van der Waals surface area contributed by atoms with Crippen LogP contribution in [0.3, 0.4) is 0 Å². The molecule has 2 aromatic rings. The lowest BCUT2D eigenvalue weighted by Crippen LogP contribution is -2.14. The molecule has 0 fully saturated rings. The van der Waals surface area contributed by atoms with Crippen LogP contribution in [-0.2, 0) is 0 Å². The third kappa shape index (κ3) is 2.71. The molecule has 0 aliphatic heterocycles. The van der Waals surface area contributed by atoms with E-state index in [4.69, 9.17) is 9.47 Å². The first-order chi connectivity index (χ1) is 10.0. The van der Waals surface area contributed by atoms with Gasteiger partial charge >= 0.3 is 0 Å². The van der Waals surface area contributed by atoms with Crippen LogP contribution in [0.2, 0.25) is 0 Å². The zero-order valence-corrected chi connectivity index (χ0v) is 12.5. The van der Waals surface area contributed by atoms with E-state index in [-0.39, 0.29) is 17.4 Å². The van der Waals surface area contributed by atoms with Crippen molar-refractivity contribution >= 4 is 0 Å². The second kappa shape index (κ2) is 6.13. The van der Waals surface area contributed by atoms with Gasteiger partial charge in [0.05, 0.1) is 26.0 Å². The number of benzene rings is 1. The average Bonchev–Trinajstić information content (AvgIpc) is 2.90. The number of aromatic nitrogens is 2. The van der Waals surface area contributed by atoms with E-state index >= 15 is 0 Å². The fourth-order valence-electron chi connectivity index (χ4n) is 2.28. The van der Waals surface area contributed by atoms with Crippen molar-refractivity contribution < 1.29 is 19.0 Å². The van der Waals surface area contributed by atoms with Crippen molar-refractivity contribution in [1.29, 1.82) is 0 Å². The summed E-state index contributed by atoms with van der Waals surface area (Å²) in [6.07, 6.45) is 0.271. The Morgan fingerprint density at radius 2 is 1.86 bits per heavy atom. The number of hydrogen-bond donors (Lipinski definition) is 1. The Labute approximate surface area is 122 Å². The van der Waals surface area contributed by atoms with E-state index < -0.39 is 11.9 Å². The van der Waals surface area contributed by atoms with Gasteiger partial charge in [0.25, 0.3) is 0 Å². The van der Waals surface area contributed by atoms with Crippen LogP contribution >= 0.6 is 0 Å². The number of rotatable bonds is 5. The number of ether oxygens (including phenoxy) is 2. The molecule has 5 nitrogen and oxygen atoms in total. The SMILES string of the molecule is COc1cccc(F)c1C(O)c1c(OC)cnn1C(C)C. The standard InChI is InChI=1S/C15H19FN2O3/c1-9(2)18-14(12(21-4)8-17-18)15(19)13-10(16)6-5-7-11(13)20-3/h5-9,15,19H,1-4H3. The quantitative estimate of drug-likeness (QED) is 0.921. The Morgan fingerprint density at radius 1 is 1.19 bits per heavy atom. The molecule has 0 amide bonds. The van der Waals surface area contributed by atoms with Gasteiger partial charge in [-0.1, -0.05) is 6.07 Å². The number of methoxy groups -OCH3 is 2. The number of aliphatic hydroxyl groups is 1. The number of aliphatic hydroxyl groups excluding tert-OH is 1. The van der Waals surface area contributed by atoms with Gasteiger partial charge in [-0.2, -0.15) is 5.10 Å². The Bertz CT molecular complexity index is 625. The maximum Gasteiger partial charge on any atom is 0.163 e. The maximum absolute atomic E-state index is 14.1. The van der Waals surface area contributed by atoms with Crippen molar-refractivity contribution in [2.24, 2.45) is 0 Å². The van der Waals surface area contributed by atoms with E-state index in [2.05, 4.69) is 5.10 Å². The molecule has 1 atom stereocenters. The molecule has 6 heteroatoms. The molecule has 0 radical (unpaired) electrons. The Hall–Kier alpha value is -2.08. The molecule has 1 aromatic carbocycles. The van der Waals surface area contributed by atoms with Gasteiger partial charge in [0.1, 0.15) is 23.4 Å². The highest BCUT2D eigenvalue weighted by Crippen LogP contribution is 2.37. The van der Waals surface area contributed by atoms with Crippen molar-refractivity contribution in [3.05, 3.63) is 41.5 Å². The lowest BCUT2D eigenvalue weighted by atomic mass is 10.0. The van der Waals surface area contributed by atoms with Gasteiger partial charge in [0.15, 0.2) is 5.75 Å². The van der Waals surface area contributed by atoms with Crippen LogP contribution in [0.15, 0.2) is 24.4 Å². The summed E-state index contributed by atoms with van der Waals surface area (Å²) in [5.74, 6) is 0.142. The molecule has 0 saturated heterocycles. The molecule has 114 valence electrons. The van der Waals surface area contributed by atoms with Crippen LogP contribution in [0.4, 0.5) is 4.39 Å². The summed E-state index contributed by atoms with van der Waals surface area (Å²) >= 11 is 0. The van der Waals surface area contributed by atoms with Gasteiger partial charge in [0.2, 0.25) is 0 Å². The molecule has 0 aliphatic rings. The van der Waals surface area contributed by atoms with E-state index in [1.165, 1.54) is 32.5 Å². The van der Waals surface area contributed by atoms with Crippen LogP contribution in [0.1, 0.15) is 37.3 Å². The average molecular weight is 294 g/mol. The molecule has 0 spiro atoms. The Balaban J connectivity index is 2.60. The highest BCUT2D eigenvalue weighted by Gasteiger charge is 2.27. The maximum atomic E-state index is 14.1. The zero-order valence-electron chi connectivity index (χ0n) is 12.5. The first-order valence-electron chi connectivity index (χ1n) is 6.63.